The van der Waals surface area contributed by atoms with Gasteiger partial charge in [0.2, 0.25) is 5.91 Å². The van der Waals surface area contributed by atoms with Crippen LogP contribution >= 0.6 is 0 Å². The summed E-state index contributed by atoms with van der Waals surface area (Å²) in [5.74, 6) is -0.325. The Hall–Kier alpha value is -3.12. The number of rotatable bonds is 9. The molecular formula is C26H30N2O3S. The average Bonchev–Trinajstić information content (AvgIpc) is 2.76. The van der Waals surface area contributed by atoms with Gasteiger partial charge in [0, 0.05) is 6.54 Å². The predicted octanol–water partition coefficient (Wildman–Crippen LogP) is 4.56. The first-order valence-electron chi connectivity index (χ1n) is 10.7. The largest absolute Gasteiger partial charge is 0.355 e. The van der Waals surface area contributed by atoms with Crippen molar-refractivity contribution in [3.63, 3.8) is 0 Å². The van der Waals surface area contributed by atoms with E-state index < -0.39 is 10.0 Å². The molecule has 0 fully saturated rings. The Morgan fingerprint density at radius 1 is 0.875 bits per heavy atom. The first kappa shape index (κ1) is 23.5. The zero-order chi connectivity index (χ0) is 23.1. The second-order valence-electron chi connectivity index (χ2n) is 8.05. The number of anilines is 1. The maximum atomic E-state index is 13.5. The third-order valence-corrected chi connectivity index (χ3v) is 7.10. The van der Waals surface area contributed by atoms with Crippen molar-refractivity contribution in [1.29, 1.82) is 0 Å². The molecule has 0 aliphatic rings. The molecule has 0 saturated carbocycles. The smallest absolute Gasteiger partial charge is 0.264 e. The van der Waals surface area contributed by atoms with Crippen molar-refractivity contribution in [3.8, 4) is 0 Å². The number of carbonyl (C=O) groups is 1. The van der Waals surface area contributed by atoms with E-state index in [1.165, 1.54) is 9.87 Å². The van der Waals surface area contributed by atoms with Crippen LogP contribution in [-0.4, -0.2) is 27.4 Å². The lowest BCUT2D eigenvalue weighted by atomic mass is 10.1. The highest BCUT2D eigenvalue weighted by atomic mass is 32.2. The van der Waals surface area contributed by atoms with Crippen LogP contribution < -0.4 is 9.62 Å². The molecule has 3 aromatic rings. The number of sulfonamides is 1. The predicted molar refractivity (Wildman–Crippen MR) is 129 cm³/mol. The van der Waals surface area contributed by atoms with E-state index in [2.05, 4.69) is 17.4 Å². The lowest BCUT2D eigenvalue weighted by Crippen LogP contribution is -2.41. The van der Waals surface area contributed by atoms with Crippen LogP contribution in [-0.2, 0) is 21.2 Å². The van der Waals surface area contributed by atoms with Gasteiger partial charge < -0.3 is 5.32 Å². The SMILES string of the molecule is Cc1ccc(S(=O)(=O)N(CC(=O)NCCCc2ccccc2)c2ccc(C)cc2C)cc1. The molecule has 6 heteroatoms. The van der Waals surface area contributed by atoms with E-state index in [-0.39, 0.29) is 17.3 Å². The van der Waals surface area contributed by atoms with Gasteiger partial charge in [-0.3, -0.25) is 9.10 Å². The van der Waals surface area contributed by atoms with Gasteiger partial charge in [0.25, 0.3) is 10.0 Å². The molecule has 0 heterocycles. The van der Waals surface area contributed by atoms with E-state index in [0.717, 1.165) is 29.5 Å². The van der Waals surface area contributed by atoms with Crippen LogP contribution in [0.3, 0.4) is 0 Å². The molecule has 1 N–H and O–H groups in total. The number of carbonyl (C=O) groups excluding carboxylic acids is 1. The summed E-state index contributed by atoms with van der Waals surface area (Å²) in [5.41, 5.74) is 4.52. The van der Waals surface area contributed by atoms with Gasteiger partial charge in [-0.05, 0) is 62.9 Å². The van der Waals surface area contributed by atoms with Gasteiger partial charge in [-0.15, -0.1) is 0 Å². The molecule has 0 radical (unpaired) electrons. The quantitative estimate of drug-likeness (QED) is 0.486. The minimum Gasteiger partial charge on any atom is -0.355 e. The maximum Gasteiger partial charge on any atom is 0.264 e. The van der Waals surface area contributed by atoms with Crippen molar-refractivity contribution in [2.75, 3.05) is 17.4 Å². The summed E-state index contributed by atoms with van der Waals surface area (Å²) in [4.78, 5) is 12.9. The molecule has 32 heavy (non-hydrogen) atoms. The molecule has 0 aliphatic heterocycles. The Labute approximate surface area is 191 Å². The van der Waals surface area contributed by atoms with Gasteiger partial charge in [-0.1, -0.05) is 65.7 Å². The molecule has 1 amide bonds. The van der Waals surface area contributed by atoms with E-state index in [1.807, 2.05) is 51.1 Å². The fraction of sp³-hybridized carbons (Fsp3) is 0.269. The van der Waals surface area contributed by atoms with Crippen LogP contribution in [0.1, 0.15) is 28.7 Å². The van der Waals surface area contributed by atoms with Crippen LogP contribution in [0.15, 0.2) is 77.7 Å². The van der Waals surface area contributed by atoms with E-state index in [0.29, 0.717) is 12.2 Å². The Balaban J connectivity index is 1.76. The molecule has 0 spiro atoms. The monoisotopic (exact) mass is 450 g/mol. The Morgan fingerprint density at radius 3 is 2.19 bits per heavy atom. The number of hydrogen-bond acceptors (Lipinski definition) is 3. The summed E-state index contributed by atoms with van der Waals surface area (Å²) in [5, 5.41) is 2.87. The summed E-state index contributed by atoms with van der Waals surface area (Å²) < 4.78 is 28.2. The van der Waals surface area contributed by atoms with E-state index >= 15 is 0 Å². The Morgan fingerprint density at radius 2 is 1.53 bits per heavy atom. The molecule has 5 nitrogen and oxygen atoms in total. The van der Waals surface area contributed by atoms with Crippen LogP contribution in [0, 0.1) is 20.8 Å². The number of nitrogens with zero attached hydrogens (tertiary/aromatic N) is 1. The van der Waals surface area contributed by atoms with Crippen molar-refractivity contribution in [2.24, 2.45) is 0 Å². The maximum absolute atomic E-state index is 13.5. The zero-order valence-electron chi connectivity index (χ0n) is 18.8. The van der Waals surface area contributed by atoms with E-state index in [9.17, 15) is 13.2 Å². The Kier molecular flexibility index (Phi) is 7.70. The van der Waals surface area contributed by atoms with Crippen LogP contribution in [0.25, 0.3) is 0 Å². The van der Waals surface area contributed by atoms with Gasteiger partial charge in [-0.2, -0.15) is 0 Å². The highest BCUT2D eigenvalue weighted by Gasteiger charge is 2.28. The van der Waals surface area contributed by atoms with Gasteiger partial charge in [0.15, 0.2) is 0 Å². The molecule has 3 aromatic carbocycles. The number of amides is 1. The van der Waals surface area contributed by atoms with Crippen molar-refractivity contribution >= 4 is 21.6 Å². The molecule has 0 bridgehead atoms. The third-order valence-electron chi connectivity index (χ3n) is 5.32. The van der Waals surface area contributed by atoms with Gasteiger partial charge >= 0.3 is 0 Å². The second-order valence-corrected chi connectivity index (χ2v) is 9.92. The van der Waals surface area contributed by atoms with Crippen molar-refractivity contribution < 1.29 is 13.2 Å². The minimum absolute atomic E-state index is 0.167. The summed E-state index contributed by atoms with van der Waals surface area (Å²) in [6.45, 7) is 5.93. The van der Waals surface area contributed by atoms with Gasteiger partial charge in [-0.25, -0.2) is 8.42 Å². The van der Waals surface area contributed by atoms with Crippen molar-refractivity contribution in [2.45, 2.75) is 38.5 Å². The lowest BCUT2D eigenvalue weighted by molar-refractivity contribution is -0.119. The fourth-order valence-corrected chi connectivity index (χ4v) is 5.06. The van der Waals surface area contributed by atoms with Crippen molar-refractivity contribution in [1.82, 2.24) is 5.32 Å². The van der Waals surface area contributed by atoms with E-state index in [1.54, 1.807) is 30.3 Å². The second kappa shape index (κ2) is 10.5. The van der Waals surface area contributed by atoms with Crippen LogP contribution in [0.4, 0.5) is 5.69 Å². The minimum atomic E-state index is -3.90. The van der Waals surface area contributed by atoms with Gasteiger partial charge in [0.1, 0.15) is 6.54 Å². The third kappa shape index (κ3) is 5.98. The topological polar surface area (TPSA) is 66.5 Å². The first-order chi connectivity index (χ1) is 15.3. The van der Waals surface area contributed by atoms with Gasteiger partial charge in [0.05, 0.1) is 10.6 Å². The zero-order valence-corrected chi connectivity index (χ0v) is 19.7. The number of aryl methyl sites for hydroxylation is 4. The summed E-state index contributed by atoms with van der Waals surface area (Å²) >= 11 is 0. The normalized spacial score (nSPS) is 11.2. The lowest BCUT2D eigenvalue weighted by Gasteiger charge is -2.26. The molecule has 168 valence electrons. The van der Waals surface area contributed by atoms with Crippen LogP contribution in [0.2, 0.25) is 0 Å². The number of hydrogen-bond donors (Lipinski definition) is 1. The number of benzene rings is 3. The molecule has 0 unspecified atom stereocenters. The standard InChI is InChI=1S/C26H30N2O3S/c1-20-11-14-24(15-12-20)32(30,31)28(25-16-13-21(2)18-22(25)3)19-26(29)27-17-7-10-23-8-5-4-6-9-23/h4-6,8-9,11-16,18H,7,10,17,19H2,1-3H3,(H,27,29). The molecule has 0 saturated heterocycles. The summed E-state index contributed by atoms with van der Waals surface area (Å²) in [6, 6.07) is 22.3. The molecule has 0 aromatic heterocycles. The van der Waals surface area contributed by atoms with Crippen molar-refractivity contribution in [3.05, 3.63) is 95.1 Å². The van der Waals surface area contributed by atoms with Crippen LogP contribution in [0.5, 0.6) is 0 Å². The first-order valence-corrected chi connectivity index (χ1v) is 12.2. The highest BCUT2D eigenvalue weighted by Crippen LogP contribution is 2.27. The highest BCUT2D eigenvalue weighted by molar-refractivity contribution is 7.92. The Bertz CT molecular complexity index is 1160. The molecule has 0 atom stereocenters. The summed E-state index contributed by atoms with van der Waals surface area (Å²) in [7, 11) is -3.90. The van der Waals surface area contributed by atoms with E-state index in [4.69, 9.17) is 0 Å². The summed E-state index contributed by atoms with van der Waals surface area (Å²) in [6.07, 6.45) is 1.63. The fourth-order valence-electron chi connectivity index (χ4n) is 3.57. The average molecular weight is 451 g/mol. The molecule has 3 rings (SSSR count). The molecular weight excluding hydrogens is 420 g/mol. The molecule has 0 aliphatic carbocycles. The number of nitrogens with one attached hydrogen (secondary N) is 1.